The second-order valence-corrected chi connectivity index (χ2v) is 7.35. The lowest BCUT2D eigenvalue weighted by molar-refractivity contribution is -0.121. The van der Waals surface area contributed by atoms with Crippen LogP contribution in [0.5, 0.6) is 0 Å². The normalized spacial score (nSPS) is 10.9. The van der Waals surface area contributed by atoms with Gasteiger partial charge < -0.3 is 0 Å². The van der Waals surface area contributed by atoms with E-state index in [1.807, 2.05) is 6.07 Å². The Balaban J connectivity index is 2.41. The summed E-state index contributed by atoms with van der Waals surface area (Å²) in [5, 5.41) is 2.53. The predicted molar refractivity (Wildman–Crippen MR) is 113 cm³/mol. The number of carbonyl (C=O) groups is 2. The number of unbranched alkanes of at least 4 members (excludes halogenated alkanes) is 8. The fraction of sp³-hybridized carbons (Fsp3) is 0.652. The molecular formula is C23H38N2O2. The maximum atomic E-state index is 12.3. The SMILES string of the molecule is CCCCCCCN(CCCCCCC)CC(=O)NC(=O)c1ccccc1. The van der Waals surface area contributed by atoms with Crippen LogP contribution in [0.4, 0.5) is 0 Å². The molecule has 1 N–H and O–H groups in total. The fourth-order valence-electron chi connectivity index (χ4n) is 3.18. The topological polar surface area (TPSA) is 49.4 Å². The zero-order chi connectivity index (χ0) is 19.7. The Morgan fingerprint density at radius 1 is 0.778 bits per heavy atom. The highest BCUT2D eigenvalue weighted by atomic mass is 16.2. The predicted octanol–water partition coefficient (Wildman–Crippen LogP) is 5.19. The molecule has 0 spiro atoms. The van der Waals surface area contributed by atoms with Crippen molar-refractivity contribution in [1.82, 2.24) is 10.2 Å². The molecule has 1 aromatic carbocycles. The number of amides is 2. The summed E-state index contributed by atoms with van der Waals surface area (Å²) in [5.41, 5.74) is 0.525. The van der Waals surface area contributed by atoms with E-state index >= 15 is 0 Å². The van der Waals surface area contributed by atoms with Crippen LogP contribution in [0.3, 0.4) is 0 Å². The molecule has 4 heteroatoms. The Hall–Kier alpha value is -1.68. The molecule has 0 atom stereocenters. The van der Waals surface area contributed by atoms with Crippen LogP contribution in [0.25, 0.3) is 0 Å². The first kappa shape index (κ1) is 23.4. The first-order valence-electron chi connectivity index (χ1n) is 10.8. The molecule has 0 unspecified atom stereocenters. The van der Waals surface area contributed by atoms with E-state index in [2.05, 4.69) is 24.1 Å². The number of hydrogen-bond donors (Lipinski definition) is 1. The van der Waals surface area contributed by atoms with Gasteiger partial charge in [0.25, 0.3) is 5.91 Å². The summed E-state index contributed by atoms with van der Waals surface area (Å²) in [4.78, 5) is 26.7. The molecule has 0 fully saturated rings. The maximum Gasteiger partial charge on any atom is 0.257 e. The maximum absolute atomic E-state index is 12.3. The standard InChI is InChI=1S/C23H38N2O2/c1-3-5-7-9-14-18-25(19-15-10-8-6-4-2)20-22(26)24-23(27)21-16-12-11-13-17-21/h11-13,16-17H,3-10,14-15,18-20H2,1-2H3,(H,24,26,27). The van der Waals surface area contributed by atoms with Crippen LogP contribution in [0.1, 0.15) is 88.4 Å². The number of nitrogens with one attached hydrogen (secondary N) is 1. The van der Waals surface area contributed by atoms with Gasteiger partial charge in [-0.15, -0.1) is 0 Å². The van der Waals surface area contributed by atoms with Gasteiger partial charge in [-0.25, -0.2) is 0 Å². The Labute approximate surface area is 165 Å². The average Bonchev–Trinajstić information content (AvgIpc) is 2.68. The fourth-order valence-corrected chi connectivity index (χ4v) is 3.18. The summed E-state index contributed by atoms with van der Waals surface area (Å²) in [5.74, 6) is -0.516. The molecule has 0 aliphatic rings. The molecule has 152 valence electrons. The first-order chi connectivity index (χ1) is 13.2. The third-order valence-electron chi connectivity index (χ3n) is 4.81. The number of imide groups is 1. The van der Waals surface area contributed by atoms with Crippen molar-refractivity contribution in [3.05, 3.63) is 35.9 Å². The Bertz CT molecular complexity index is 502. The van der Waals surface area contributed by atoms with E-state index in [0.717, 1.165) is 25.9 Å². The first-order valence-corrected chi connectivity index (χ1v) is 10.8. The van der Waals surface area contributed by atoms with E-state index in [-0.39, 0.29) is 11.8 Å². The molecule has 4 nitrogen and oxygen atoms in total. The van der Waals surface area contributed by atoms with Crippen LogP contribution < -0.4 is 5.32 Å². The molecular weight excluding hydrogens is 336 g/mol. The van der Waals surface area contributed by atoms with Crippen LogP contribution in [0, 0.1) is 0 Å². The van der Waals surface area contributed by atoms with Crippen LogP contribution >= 0.6 is 0 Å². The lowest BCUT2D eigenvalue weighted by Crippen LogP contribution is -2.40. The number of carbonyl (C=O) groups excluding carboxylic acids is 2. The summed E-state index contributed by atoms with van der Waals surface area (Å²) >= 11 is 0. The molecule has 0 radical (unpaired) electrons. The highest BCUT2D eigenvalue weighted by Gasteiger charge is 2.14. The van der Waals surface area contributed by atoms with Gasteiger partial charge in [0.05, 0.1) is 6.54 Å². The molecule has 0 aromatic heterocycles. The minimum absolute atomic E-state index is 0.203. The summed E-state index contributed by atoms with van der Waals surface area (Å²) < 4.78 is 0. The van der Waals surface area contributed by atoms with Gasteiger partial charge in [-0.2, -0.15) is 0 Å². The number of rotatable bonds is 15. The van der Waals surface area contributed by atoms with Gasteiger partial charge in [0.1, 0.15) is 0 Å². The lowest BCUT2D eigenvalue weighted by Gasteiger charge is -2.21. The highest BCUT2D eigenvalue weighted by molar-refractivity contribution is 6.05. The van der Waals surface area contributed by atoms with Crippen molar-refractivity contribution < 1.29 is 9.59 Å². The zero-order valence-corrected chi connectivity index (χ0v) is 17.3. The molecule has 2 amide bonds. The van der Waals surface area contributed by atoms with Crippen molar-refractivity contribution in [1.29, 1.82) is 0 Å². The molecule has 0 aliphatic heterocycles. The quantitative estimate of drug-likeness (QED) is 0.430. The number of benzene rings is 1. The second kappa shape index (κ2) is 15.4. The minimum atomic E-state index is -0.313. The van der Waals surface area contributed by atoms with Crippen molar-refractivity contribution in [2.75, 3.05) is 19.6 Å². The van der Waals surface area contributed by atoms with E-state index in [4.69, 9.17) is 0 Å². The molecule has 0 bridgehead atoms. The van der Waals surface area contributed by atoms with Crippen LogP contribution in [0.2, 0.25) is 0 Å². The molecule has 0 saturated carbocycles. The van der Waals surface area contributed by atoms with Gasteiger partial charge >= 0.3 is 0 Å². The van der Waals surface area contributed by atoms with Crippen molar-refractivity contribution in [2.24, 2.45) is 0 Å². The minimum Gasteiger partial charge on any atom is -0.295 e. The van der Waals surface area contributed by atoms with Gasteiger partial charge in [-0.05, 0) is 38.1 Å². The molecule has 0 aliphatic carbocycles. The Morgan fingerprint density at radius 3 is 1.81 bits per heavy atom. The van der Waals surface area contributed by atoms with Crippen molar-refractivity contribution in [2.45, 2.75) is 78.1 Å². The van der Waals surface area contributed by atoms with E-state index in [1.165, 1.54) is 51.4 Å². The zero-order valence-electron chi connectivity index (χ0n) is 17.3. The number of nitrogens with zero attached hydrogens (tertiary/aromatic N) is 1. The van der Waals surface area contributed by atoms with Crippen molar-refractivity contribution in [3.8, 4) is 0 Å². The third-order valence-corrected chi connectivity index (χ3v) is 4.81. The van der Waals surface area contributed by atoms with Crippen LogP contribution in [-0.2, 0) is 4.79 Å². The van der Waals surface area contributed by atoms with Crippen molar-refractivity contribution in [3.63, 3.8) is 0 Å². The third kappa shape index (κ3) is 11.6. The monoisotopic (exact) mass is 374 g/mol. The molecule has 0 saturated heterocycles. The lowest BCUT2D eigenvalue weighted by atomic mass is 10.1. The van der Waals surface area contributed by atoms with E-state index in [1.54, 1.807) is 24.3 Å². The molecule has 27 heavy (non-hydrogen) atoms. The average molecular weight is 375 g/mol. The van der Waals surface area contributed by atoms with Crippen molar-refractivity contribution >= 4 is 11.8 Å². The highest BCUT2D eigenvalue weighted by Crippen LogP contribution is 2.07. The Kier molecular flexibility index (Phi) is 13.3. The summed E-state index contributed by atoms with van der Waals surface area (Å²) in [6, 6.07) is 8.91. The molecule has 1 aromatic rings. The summed E-state index contributed by atoms with van der Waals surface area (Å²) in [7, 11) is 0. The second-order valence-electron chi connectivity index (χ2n) is 7.35. The van der Waals surface area contributed by atoms with Crippen LogP contribution in [-0.4, -0.2) is 36.3 Å². The number of hydrogen-bond acceptors (Lipinski definition) is 3. The van der Waals surface area contributed by atoms with Gasteiger partial charge in [0, 0.05) is 5.56 Å². The van der Waals surface area contributed by atoms with Gasteiger partial charge in [0.2, 0.25) is 5.91 Å². The molecule has 0 heterocycles. The molecule has 1 rings (SSSR count). The van der Waals surface area contributed by atoms with Gasteiger partial charge in [0.15, 0.2) is 0 Å². The van der Waals surface area contributed by atoms with Gasteiger partial charge in [-0.3, -0.25) is 19.8 Å². The smallest absolute Gasteiger partial charge is 0.257 e. The van der Waals surface area contributed by atoms with E-state index in [9.17, 15) is 9.59 Å². The summed E-state index contributed by atoms with van der Waals surface area (Å²) in [6.45, 7) is 6.61. The van der Waals surface area contributed by atoms with Gasteiger partial charge in [-0.1, -0.05) is 83.4 Å². The summed E-state index contributed by atoms with van der Waals surface area (Å²) in [6.07, 6.45) is 12.2. The van der Waals surface area contributed by atoms with Crippen LogP contribution in [0.15, 0.2) is 30.3 Å². The van der Waals surface area contributed by atoms with E-state index < -0.39 is 0 Å². The largest absolute Gasteiger partial charge is 0.295 e. The van der Waals surface area contributed by atoms with E-state index in [0.29, 0.717) is 12.1 Å². The Morgan fingerprint density at radius 2 is 1.30 bits per heavy atom.